The standard InChI is InChI=1S/C13H20N2O7/c1-7-4-5-22-12(8(17)11(2,20)6-16)10(19)15(3)13(7,21)9(18)14-12/h8,16-17,20-21H,1,4-6H2,2-3H3,(H,14,18)/t8-,11-,12?,13-/m1/s1. The van der Waals surface area contributed by atoms with E-state index in [9.17, 15) is 30.0 Å². The molecule has 3 aliphatic rings. The lowest BCUT2D eigenvalue weighted by atomic mass is 9.84. The molecule has 0 aromatic carbocycles. The predicted octanol–water partition coefficient (Wildman–Crippen LogP) is -2.96. The number of nitrogens with zero attached hydrogens (tertiary/aromatic N) is 1. The van der Waals surface area contributed by atoms with E-state index in [1.54, 1.807) is 0 Å². The molecule has 2 amide bonds. The Morgan fingerprint density at radius 2 is 2.14 bits per heavy atom. The number of aliphatic hydroxyl groups is 4. The first kappa shape index (κ1) is 16.8. The highest BCUT2D eigenvalue weighted by Crippen LogP contribution is 2.37. The minimum absolute atomic E-state index is 0.0667. The molecule has 0 aliphatic carbocycles. The van der Waals surface area contributed by atoms with Crippen LogP contribution in [-0.2, 0) is 14.3 Å². The molecule has 2 bridgehead atoms. The third-order valence-electron chi connectivity index (χ3n) is 4.24. The smallest absolute Gasteiger partial charge is 0.281 e. The zero-order valence-electron chi connectivity index (χ0n) is 12.4. The Hall–Kier alpha value is -1.52. The lowest BCUT2D eigenvalue weighted by molar-refractivity contribution is -0.246. The molecule has 0 radical (unpaired) electrons. The van der Waals surface area contributed by atoms with Gasteiger partial charge in [-0.1, -0.05) is 6.58 Å². The van der Waals surface area contributed by atoms with Crippen LogP contribution in [-0.4, -0.2) is 80.6 Å². The molecule has 5 N–H and O–H groups in total. The average molecular weight is 316 g/mol. The number of rotatable bonds is 3. The van der Waals surface area contributed by atoms with E-state index in [4.69, 9.17) is 4.74 Å². The lowest BCUT2D eigenvalue weighted by Crippen LogP contribution is -2.82. The molecule has 9 nitrogen and oxygen atoms in total. The SMILES string of the molecule is C=C1CCOC2([C@H](O)[C@](C)(O)CO)NC(=O)[C@@]1(O)N(C)C2=O. The second-order valence-corrected chi connectivity index (χ2v) is 5.85. The maximum atomic E-state index is 12.6. The Labute approximate surface area is 126 Å². The molecule has 0 saturated carbocycles. The van der Waals surface area contributed by atoms with Crippen LogP contribution in [0.25, 0.3) is 0 Å². The number of hydrogen-bond acceptors (Lipinski definition) is 7. The van der Waals surface area contributed by atoms with Crippen LogP contribution in [0.2, 0.25) is 0 Å². The maximum absolute atomic E-state index is 12.6. The van der Waals surface area contributed by atoms with Crippen molar-refractivity contribution in [2.45, 2.75) is 36.5 Å². The lowest BCUT2D eigenvalue weighted by Gasteiger charge is -2.53. The van der Waals surface area contributed by atoms with Gasteiger partial charge in [0.1, 0.15) is 11.7 Å². The molecule has 3 saturated heterocycles. The van der Waals surface area contributed by atoms with Crippen LogP contribution in [0.5, 0.6) is 0 Å². The van der Waals surface area contributed by atoms with Crippen LogP contribution in [0.1, 0.15) is 13.3 Å². The highest BCUT2D eigenvalue weighted by molar-refractivity contribution is 6.02. The molecular formula is C13H20N2O7. The van der Waals surface area contributed by atoms with Crippen LogP contribution >= 0.6 is 0 Å². The quantitative estimate of drug-likeness (QED) is 0.350. The topological polar surface area (TPSA) is 140 Å². The van der Waals surface area contributed by atoms with Crippen molar-refractivity contribution >= 4 is 11.8 Å². The number of piperazine rings is 1. The number of aliphatic hydroxyl groups excluding tert-OH is 2. The first-order valence-corrected chi connectivity index (χ1v) is 6.71. The summed E-state index contributed by atoms with van der Waals surface area (Å²) in [6.45, 7) is 3.69. The maximum Gasteiger partial charge on any atom is 0.281 e. The van der Waals surface area contributed by atoms with Gasteiger partial charge < -0.3 is 35.4 Å². The van der Waals surface area contributed by atoms with Crippen LogP contribution in [0, 0.1) is 0 Å². The summed E-state index contributed by atoms with van der Waals surface area (Å²) in [7, 11) is 1.16. The summed E-state index contributed by atoms with van der Waals surface area (Å²) in [4.78, 5) is 25.6. The van der Waals surface area contributed by atoms with Crippen molar-refractivity contribution in [1.82, 2.24) is 10.2 Å². The van der Waals surface area contributed by atoms with Gasteiger partial charge in [-0.25, -0.2) is 0 Å². The zero-order chi connectivity index (χ0) is 16.9. The molecule has 0 spiro atoms. The number of carbonyl (C=O) groups excluding carboxylic acids is 2. The van der Waals surface area contributed by atoms with Gasteiger partial charge >= 0.3 is 0 Å². The minimum Gasteiger partial charge on any atom is -0.393 e. The van der Waals surface area contributed by atoms with Gasteiger partial charge in [0.05, 0.1) is 13.2 Å². The highest BCUT2D eigenvalue weighted by atomic mass is 16.5. The van der Waals surface area contributed by atoms with Gasteiger partial charge in [-0.05, 0) is 18.9 Å². The van der Waals surface area contributed by atoms with Crippen molar-refractivity contribution < 1.29 is 34.8 Å². The predicted molar refractivity (Wildman–Crippen MR) is 72.0 cm³/mol. The van der Waals surface area contributed by atoms with E-state index in [1.807, 2.05) is 0 Å². The molecule has 0 aromatic rings. The van der Waals surface area contributed by atoms with E-state index in [2.05, 4.69) is 11.9 Å². The summed E-state index contributed by atoms with van der Waals surface area (Å²) in [5.74, 6) is -1.97. The molecule has 1 unspecified atom stereocenters. The summed E-state index contributed by atoms with van der Waals surface area (Å²) in [5.41, 5.74) is -6.60. The van der Waals surface area contributed by atoms with Gasteiger partial charge in [-0.3, -0.25) is 9.59 Å². The van der Waals surface area contributed by atoms with Gasteiger partial charge in [-0.15, -0.1) is 0 Å². The molecule has 3 rings (SSSR count). The van der Waals surface area contributed by atoms with Crippen molar-refractivity contribution in [1.29, 1.82) is 0 Å². The Kier molecular flexibility index (Phi) is 3.83. The van der Waals surface area contributed by atoms with Crippen molar-refractivity contribution in [2.24, 2.45) is 0 Å². The number of carbonyl (C=O) groups is 2. The molecule has 4 atom stereocenters. The first-order valence-electron chi connectivity index (χ1n) is 6.71. The van der Waals surface area contributed by atoms with Gasteiger partial charge in [0.25, 0.3) is 17.5 Å². The number of amides is 2. The molecule has 3 aliphatic heterocycles. The van der Waals surface area contributed by atoms with E-state index in [0.717, 1.165) is 14.0 Å². The second-order valence-electron chi connectivity index (χ2n) is 5.85. The molecule has 9 heteroatoms. The largest absolute Gasteiger partial charge is 0.393 e. The number of fused-ring (bicyclic) bond motifs is 5. The minimum atomic E-state index is -2.30. The van der Waals surface area contributed by atoms with Gasteiger partial charge in [0.15, 0.2) is 0 Å². The zero-order valence-corrected chi connectivity index (χ0v) is 12.4. The highest BCUT2D eigenvalue weighted by Gasteiger charge is 2.65. The molecule has 3 fully saturated rings. The third-order valence-corrected chi connectivity index (χ3v) is 4.24. The van der Waals surface area contributed by atoms with Crippen LogP contribution in [0.3, 0.4) is 0 Å². The molecule has 3 heterocycles. The number of ether oxygens (including phenoxy) is 1. The fraction of sp³-hybridized carbons (Fsp3) is 0.692. The van der Waals surface area contributed by atoms with Crippen LogP contribution in [0.15, 0.2) is 12.2 Å². The summed E-state index contributed by atoms with van der Waals surface area (Å²) in [6, 6.07) is 0. The number of likely N-dealkylation sites (N-methyl/N-ethyl adjacent to an activating group) is 1. The first-order chi connectivity index (χ1) is 10.0. The van der Waals surface area contributed by atoms with Gasteiger partial charge in [0.2, 0.25) is 5.72 Å². The fourth-order valence-corrected chi connectivity index (χ4v) is 2.65. The summed E-state index contributed by atoms with van der Waals surface area (Å²) in [5, 5.41) is 42.2. The Bertz CT molecular complexity index is 534. The van der Waals surface area contributed by atoms with Crippen molar-refractivity contribution in [3.05, 3.63) is 12.2 Å². The van der Waals surface area contributed by atoms with Crippen LogP contribution < -0.4 is 5.32 Å². The Morgan fingerprint density at radius 1 is 1.55 bits per heavy atom. The van der Waals surface area contributed by atoms with E-state index < -0.39 is 41.6 Å². The second kappa shape index (κ2) is 5.00. The summed E-state index contributed by atoms with van der Waals surface area (Å²) in [6.07, 6.45) is -1.89. The Morgan fingerprint density at radius 3 is 2.68 bits per heavy atom. The number of hydrogen-bond donors (Lipinski definition) is 5. The average Bonchev–Trinajstić information content (AvgIpc) is 2.48. The van der Waals surface area contributed by atoms with Gasteiger partial charge in [-0.2, -0.15) is 0 Å². The molecule has 22 heavy (non-hydrogen) atoms. The molecular weight excluding hydrogens is 296 g/mol. The van der Waals surface area contributed by atoms with Gasteiger partial charge in [0, 0.05) is 7.05 Å². The van der Waals surface area contributed by atoms with E-state index in [0.29, 0.717) is 4.90 Å². The van der Waals surface area contributed by atoms with Crippen molar-refractivity contribution in [3.63, 3.8) is 0 Å². The van der Waals surface area contributed by atoms with Crippen molar-refractivity contribution in [2.75, 3.05) is 20.3 Å². The monoisotopic (exact) mass is 316 g/mol. The normalized spacial score (nSPS) is 36.5. The van der Waals surface area contributed by atoms with Crippen molar-refractivity contribution in [3.8, 4) is 0 Å². The van der Waals surface area contributed by atoms with E-state index in [-0.39, 0.29) is 18.6 Å². The fourth-order valence-electron chi connectivity index (χ4n) is 2.65. The summed E-state index contributed by atoms with van der Waals surface area (Å²) < 4.78 is 5.36. The molecule has 0 aromatic heterocycles. The summed E-state index contributed by atoms with van der Waals surface area (Å²) >= 11 is 0. The van der Waals surface area contributed by atoms with E-state index >= 15 is 0 Å². The Balaban J connectivity index is 2.56. The third kappa shape index (κ3) is 1.97. The van der Waals surface area contributed by atoms with E-state index in [1.165, 1.54) is 0 Å². The van der Waals surface area contributed by atoms with Crippen LogP contribution in [0.4, 0.5) is 0 Å². The molecule has 124 valence electrons. The number of nitrogens with one attached hydrogen (secondary N) is 1.